The van der Waals surface area contributed by atoms with Gasteiger partial charge in [-0.3, -0.25) is 9.52 Å². The largest absolute Gasteiger partial charge is 0.312 e. The van der Waals surface area contributed by atoms with Crippen LogP contribution in [0.3, 0.4) is 0 Å². The Hall–Kier alpha value is -3.30. The van der Waals surface area contributed by atoms with E-state index in [4.69, 9.17) is 0 Å². The monoisotopic (exact) mass is 450 g/mol. The molecular weight excluding hydrogens is 432 g/mol. The van der Waals surface area contributed by atoms with Gasteiger partial charge < -0.3 is 4.90 Å². The summed E-state index contributed by atoms with van der Waals surface area (Å²) in [6, 6.07) is 15.7. The van der Waals surface area contributed by atoms with Gasteiger partial charge in [0.15, 0.2) is 0 Å². The van der Waals surface area contributed by atoms with Crippen molar-refractivity contribution in [1.29, 1.82) is 0 Å². The van der Waals surface area contributed by atoms with Gasteiger partial charge in [0, 0.05) is 36.6 Å². The van der Waals surface area contributed by atoms with E-state index in [9.17, 15) is 13.2 Å². The third kappa shape index (κ3) is 3.66. The number of amides is 1. The first-order valence-corrected chi connectivity index (χ1v) is 12.0. The molecule has 2 aromatic heterocycles. The summed E-state index contributed by atoms with van der Waals surface area (Å²) in [5, 5.41) is 0.830. The molecular formula is C22H18N4O3S2. The van der Waals surface area contributed by atoms with Gasteiger partial charge in [-0.15, -0.1) is 0 Å². The number of anilines is 2. The van der Waals surface area contributed by atoms with Gasteiger partial charge in [-0.05, 0) is 66.6 Å². The van der Waals surface area contributed by atoms with Gasteiger partial charge in [-0.1, -0.05) is 11.3 Å². The van der Waals surface area contributed by atoms with E-state index in [0.717, 1.165) is 32.2 Å². The Morgan fingerprint density at radius 3 is 2.68 bits per heavy atom. The second-order valence-corrected chi connectivity index (χ2v) is 9.90. The molecule has 0 saturated carbocycles. The van der Waals surface area contributed by atoms with Crippen molar-refractivity contribution in [3.05, 3.63) is 66.4 Å². The number of rotatable bonds is 4. The summed E-state index contributed by atoms with van der Waals surface area (Å²) >= 11 is 1.49. The Kier molecular flexibility index (Phi) is 4.71. The first-order chi connectivity index (χ1) is 14.9. The standard InChI is InChI=1S/C22H18N4O3S2/c1-14(27)26-12-10-16-13-18(8-9-20(16)26)31(28,29)25-17-6-4-15(5-7-17)21-24-19-3-2-11-23-22(19)30-21/h2-9,11,13,25H,10,12H2,1H3. The molecule has 0 atom stereocenters. The highest BCUT2D eigenvalue weighted by Crippen LogP contribution is 2.32. The summed E-state index contributed by atoms with van der Waals surface area (Å²) in [4.78, 5) is 23.3. The van der Waals surface area contributed by atoms with Crippen LogP contribution in [0.25, 0.3) is 20.9 Å². The molecule has 156 valence electrons. The molecule has 9 heteroatoms. The predicted molar refractivity (Wildman–Crippen MR) is 122 cm³/mol. The van der Waals surface area contributed by atoms with Crippen LogP contribution in [0, 0.1) is 0 Å². The van der Waals surface area contributed by atoms with Gasteiger partial charge in [-0.2, -0.15) is 0 Å². The van der Waals surface area contributed by atoms with Crippen molar-refractivity contribution in [3.63, 3.8) is 0 Å². The average molecular weight is 451 g/mol. The second kappa shape index (κ2) is 7.44. The molecule has 0 saturated heterocycles. The van der Waals surface area contributed by atoms with E-state index in [1.54, 1.807) is 35.4 Å². The number of carbonyl (C=O) groups excluding carboxylic acids is 1. The number of nitrogens with one attached hydrogen (secondary N) is 1. The van der Waals surface area contributed by atoms with E-state index in [1.807, 2.05) is 24.3 Å². The number of sulfonamides is 1. The number of hydrogen-bond donors (Lipinski definition) is 1. The molecule has 0 radical (unpaired) electrons. The molecule has 5 rings (SSSR count). The van der Waals surface area contributed by atoms with Crippen molar-refractivity contribution in [1.82, 2.24) is 9.97 Å². The van der Waals surface area contributed by atoms with E-state index in [0.29, 0.717) is 18.7 Å². The summed E-state index contributed by atoms with van der Waals surface area (Å²) in [5.41, 5.74) is 3.84. The zero-order valence-electron chi connectivity index (χ0n) is 16.6. The highest BCUT2D eigenvalue weighted by atomic mass is 32.2. The fraction of sp³-hybridized carbons (Fsp3) is 0.136. The quantitative estimate of drug-likeness (QED) is 0.506. The van der Waals surface area contributed by atoms with Gasteiger partial charge in [0.25, 0.3) is 10.0 Å². The molecule has 2 aromatic carbocycles. The Balaban J connectivity index is 1.37. The van der Waals surface area contributed by atoms with Crippen LogP contribution < -0.4 is 9.62 Å². The SMILES string of the molecule is CC(=O)N1CCc2cc(S(=O)(=O)Nc3ccc(-c4nc5cccnc5s4)cc3)ccc21. The highest BCUT2D eigenvalue weighted by molar-refractivity contribution is 7.92. The van der Waals surface area contributed by atoms with Crippen LogP contribution in [-0.2, 0) is 21.2 Å². The lowest BCUT2D eigenvalue weighted by atomic mass is 10.2. The zero-order valence-corrected chi connectivity index (χ0v) is 18.2. The van der Waals surface area contributed by atoms with Crippen LogP contribution in [0.5, 0.6) is 0 Å². The Labute approximate surface area is 183 Å². The van der Waals surface area contributed by atoms with Crippen molar-refractivity contribution in [3.8, 4) is 10.6 Å². The third-order valence-corrected chi connectivity index (χ3v) is 7.59. The minimum Gasteiger partial charge on any atom is -0.312 e. The van der Waals surface area contributed by atoms with Gasteiger partial charge >= 0.3 is 0 Å². The number of fused-ring (bicyclic) bond motifs is 2. The number of nitrogens with zero attached hydrogens (tertiary/aromatic N) is 3. The van der Waals surface area contributed by atoms with E-state index in [2.05, 4.69) is 14.7 Å². The summed E-state index contributed by atoms with van der Waals surface area (Å²) in [6.07, 6.45) is 2.38. The first kappa shape index (κ1) is 19.7. The van der Waals surface area contributed by atoms with Crippen LogP contribution in [0.2, 0.25) is 0 Å². The molecule has 4 aromatic rings. The number of benzene rings is 2. The number of aromatic nitrogens is 2. The van der Waals surface area contributed by atoms with Crippen molar-refractivity contribution >= 4 is 49.0 Å². The number of carbonyl (C=O) groups is 1. The zero-order chi connectivity index (χ0) is 21.6. The van der Waals surface area contributed by atoms with Crippen molar-refractivity contribution in [2.24, 2.45) is 0 Å². The lowest BCUT2D eigenvalue weighted by molar-refractivity contribution is -0.116. The smallest absolute Gasteiger partial charge is 0.261 e. The summed E-state index contributed by atoms with van der Waals surface area (Å²) in [6.45, 7) is 2.08. The lowest BCUT2D eigenvalue weighted by Crippen LogP contribution is -2.25. The Morgan fingerprint density at radius 1 is 1.13 bits per heavy atom. The molecule has 0 unspecified atom stereocenters. The Bertz CT molecular complexity index is 1380. The van der Waals surface area contributed by atoms with Crippen LogP contribution in [0.4, 0.5) is 11.4 Å². The summed E-state index contributed by atoms with van der Waals surface area (Å²) < 4.78 is 28.4. The maximum Gasteiger partial charge on any atom is 0.261 e. The molecule has 0 spiro atoms. The maximum atomic E-state index is 12.9. The molecule has 1 aliphatic heterocycles. The van der Waals surface area contributed by atoms with Crippen LogP contribution in [0.1, 0.15) is 12.5 Å². The van der Waals surface area contributed by atoms with Crippen LogP contribution >= 0.6 is 11.3 Å². The normalized spacial score (nSPS) is 13.4. The van der Waals surface area contributed by atoms with Gasteiger partial charge in [0.2, 0.25) is 5.91 Å². The molecule has 7 nitrogen and oxygen atoms in total. The molecule has 1 amide bonds. The van der Waals surface area contributed by atoms with Gasteiger partial charge in [0.1, 0.15) is 15.4 Å². The topological polar surface area (TPSA) is 92.3 Å². The fourth-order valence-electron chi connectivity index (χ4n) is 3.66. The number of thiazole rings is 1. The number of pyridine rings is 1. The summed E-state index contributed by atoms with van der Waals surface area (Å²) in [7, 11) is -3.75. The Morgan fingerprint density at radius 2 is 1.94 bits per heavy atom. The molecule has 0 fully saturated rings. The molecule has 1 N–H and O–H groups in total. The van der Waals surface area contributed by atoms with Gasteiger partial charge in [-0.25, -0.2) is 18.4 Å². The van der Waals surface area contributed by atoms with Crippen molar-refractivity contribution in [2.45, 2.75) is 18.2 Å². The van der Waals surface area contributed by atoms with Gasteiger partial charge in [0.05, 0.1) is 4.90 Å². The van der Waals surface area contributed by atoms with E-state index in [-0.39, 0.29) is 10.8 Å². The molecule has 1 aliphatic rings. The summed E-state index contributed by atoms with van der Waals surface area (Å²) in [5.74, 6) is -0.0449. The number of hydrogen-bond acceptors (Lipinski definition) is 6. The molecule has 3 heterocycles. The molecule has 0 bridgehead atoms. The van der Waals surface area contributed by atoms with Crippen LogP contribution in [-0.4, -0.2) is 30.8 Å². The second-order valence-electron chi connectivity index (χ2n) is 7.24. The van der Waals surface area contributed by atoms with E-state index in [1.165, 1.54) is 24.3 Å². The average Bonchev–Trinajstić information content (AvgIpc) is 3.38. The molecule has 0 aliphatic carbocycles. The third-order valence-electron chi connectivity index (χ3n) is 5.19. The van der Waals surface area contributed by atoms with E-state index >= 15 is 0 Å². The van der Waals surface area contributed by atoms with Crippen molar-refractivity contribution < 1.29 is 13.2 Å². The maximum absolute atomic E-state index is 12.9. The lowest BCUT2D eigenvalue weighted by Gasteiger charge is -2.15. The minimum absolute atomic E-state index is 0.0449. The predicted octanol–water partition coefficient (Wildman–Crippen LogP) is 4.07. The molecule has 31 heavy (non-hydrogen) atoms. The van der Waals surface area contributed by atoms with Crippen LogP contribution in [0.15, 0.2) is 65.7 Å². The van der Waals surface area contributed by atoms with Crippen molar-refractivity contribution in [2.75, 3.05) is 16.2 Å². The minimum atomic E-state index is -3.75. The fourth-order valence-corrected chi connectivity index (χ4v) is 5.68. The first-order valence-electron chi connectivity index (χ1n) is 9.66. The van der Waals surface area contributed by atoms with E-state index < -0.39 is 10.0 Å². The highest BCUT2D eigenvalue weighted by Gasteiger charge is 2.24.